The molecule has 0 amide bonds. The summed E-state index contributed by atoms with van der Waals surface area (Å²) >= 11 is 6.37. The fraction of sp³-hybridized carbons (Fsp3) is 0.667. The first kappa shape index (κ1) is 17.5. The molecule has 2 aromatic rings. The van der Waals surface area contributed by atoms with E-state index in [-0.39, 0.29) is 0 Å². The predicted octanol–water partition coefficient (Wildman–Crippen LogP) is 4.07. The summed E-state index contributed by atoms with van der Waals surface area (Å²) in [7, 11) is 0. The molecule has 2 heterocycles. The summed E-state index contributed by atoms with van der Waals surface area (Å²) in [6, 6.07) is 0. The fourth-order valence-corrected chi connectivity index (χ4v) is 3.79. The first-order valence-corrected chi connectivity index (χ1v) is 9.45. The van der Waals surface area contributed by atoms with E-state index in [9.17, 15) is 5.11 Å². The number of aromatic nitrogens is 4. The summed E-state index contributed by atoms with van der Waals surface area (Å²) in [5.41, 5.74) is 0.761. The molecule has 0 spiro atoms. The number of halogens is 1. The summed E-state index contributed by atoms with van der Waals surface area (Å²) in [5.74, 6) is 2.92. The molecule has 0 unspecified atom stereocenters. The zero-order valence-electron chi connectivity index (χ0n) is 14.3. The standard InChI is InChI=1S/C18H27ClN4O/c1-2-3-4-15-21-16(17(19)22-15)18-20-9-10-23(18)11-13-5-7-14(12-24)8-6-13/h9-10,13-14,24H,2-8,11-12H2,1H3,(H,21,22). The molecule has 24 heavy (non-hydrogen) atoms. The third-order valence-electron chi connectivity index (χ3n) is 5.08. The number of aliphatic hydroxyl groups is 1. The smallest absolute Gasteiger partial charge is 0.161 e. The van der Waals surface area contributed by atoms with Crippen LogP contribution in [0.1, 0.15) is 51.3 Å². The number of nitrogens with one attached hydrogen (secondary N) is 1. The molecule has 0 aliphatic heterocycles. The third kappa shape index (κ3) is 4.01. The van der Waals surface area contributed by atoms with Crippen molar-refractivity contribution < 1.29 is 5.11 Å². The van der Waals surface area contributed by atoms with Crippen LogP contribution in [0.3, 0.4) is 0 Å². The van der Waals surface area contributed by atoms with Crippen molar-refractivity contribution in [2.45, 2.75) is 58.4 Å². The van der Waals surface area contributed by atoms with Crippen molar-refractivity contribution in [1.29, 1.82) is 0 Å². The summed E-state index contributed by atoms with van der Waals surface area (Å²) < 4.78 is 2.18. The second kappa shape index (κ2) is 8.17. The monoisotopic (exact) mass is 350 g/mol. The van der Waals surface area contributed by atoms with Crippen molar-refractivity contribution in [2.24, 2.45) is 11.8 Å². The molecule has 6 heteroatoms. The van der Waals surface area contributed by atoms with Crippen LogP contribution in [0.4, 0.5) is 0 Å². The van der Waals surface area contributed by atoms with Crippen molar-refractivity contribution >= 4 is 11.6 Å². The van der Waals surface area contributed by atoms with E-state index in [1.807, 2.05) is 12.4 Å². The van der Waals surface area contributed by atoms with Gasteiger partial charge >= 0.3 is 0 Å². The average molecular weight is 351 g/mol. The first-order chi connectivity index (χ1) is 11.7. The van der Waals surface area contributed by atoms with Crippen LogP contribution in [-0.2, 0) is 13.0 Å². The number of H-pyrrole nitrogens is 1. The molecular formula is C18H27ClN4O. The molecule has 1 aliphatic carbocycles. The van der Waals surface area contributed by atoms with Gasteiger partial charge in [0.05, 0.1) is 0 Å². The van der Waals surface area contributed by atoms with E-state index in [1.165, 1.54) is 12.8 Å². The van der Waals surface area contributed by atoms with Gasteiger partial charge in [-0.2, -0.15) is 0 Å². The van der Waals surface area contributed by atoms with Crippen LogP contribution in [-0.4, -0.2) is 31.2 Å². The molecule has 3 rings (SSSR count). The topological polar surface area (TPSA) is 66.7 Å². The lowest BCUT2D eigenvalue weighted by Crippen LogP contribution is -2.21. The Morgan fingerprint density at radius 1 is 1.29 bits per heavy atom. The van der Waals surface area contributed by atoms with Crippen LogP contribution in [0.25, 0.3) is 11.5 Å². The molecule has 1 saturated carbocycles. The first-order valence-electron chi connectivity index (χ1n) is 9.08. The van der Waals surface area contributed by atoms with Gasteiger partial charge in [0, 0.05) is 32.0 Å². The number of rotatable bonds is 7. The second-order valence-corrected chi connectivity index (χ2v) is 7.30. The van der Waals surface area contributed by atoms with Gasteiger partial charge in [0.25, 0.3) is 0 Å². The number of aromatic amines is 1. The SMILES string of the molecule is CCCCc1nc(-c2nccn2CC2CCC(CO)CC2)c(Cl)[nH]1. The number of aliphatic hydroxyl groups excluding tert-OH is 1. The highest BCUT2D eigenvalue weighted by molar-refractivity contribution is 6.31. The Bertz CT molecular complexity index is 643. The molecule has 0 bridgehead atoms. The Morgan fingerprint density at radius 2 is 2.04 bits per heavy atom. The maximum Gasteiger partial charge on any atom is 0.161 e. The lowest BCUT2D eigenvalue weighted by Gasteiger charge is -2.27. The van der Waals surface area contributed by atoms with Crippen LogP contribution < -0.4 is 0 Å². The number of unbranched alkanes of at least 4 members (excludes halogenated alkanes) is 1. The van der Waals surface area contributed by atoms with Crippen molar-refractivity contribution in [3.8, 4) is 11.5 Å². The minimum Gasteiger partial charge on any atom is -0.396 e. The van der Waals surface area contributed by atoms with Gasteiger partial charge in [0.2, 0.25) is 0 Å². The molecule has 5 nitrogen and oxygen atoms in total. The zero-order valence-corrected chi connectivity index (χ0v) is 15.1. The number of hydrogen-bond donors (Lipinski definition) is 2. The van der Waals surface area contributed by atoms with E-state index in [0.717, 1.165) is 56.0 Å². The fourth-order valence-electron chi connectivity index (χ4n) is 3.56. The molecular weight excluding hydrogens is 324 g/mol. The zero-order chi connectivity index (χ0) is 16.9. The van der Waals surface area contributed by atoms with Crippen LogP contribution in [0.2, 0.25) is 5.15 Å². The number of aryl methyl sites for hydroxylation is 1. The van der Waals surface area contributed by atoms with E-state index in [2.05, 4.69) is 26.4 Å². The van der Waals surface area contributed by atoms with Gasteiger partial charge in [-0.05, 0) is 43.9 Å². The predicted molar refractivity (Wildman–Crippen MR) is 96.0 cm³/mol. The molecule has 0 aromatic carbocycles. The molecule has 0 saturated heterocycles. The maximum atomic E-state index is 9.28. The number of hydrogen-bond acceptors (Lipinski definition) is 3. The summed E-state index contributed by atoms with van der Waals surface area (Å²) in [4.78, 5) is 12.3. The minimum atomic E-state index is 0.326. The van der Waals surface area contributed by atoms with Gasteiger partial charge in [0.15, 0.2) is 5.82 Å². The maximum absolute atomic E-state index is 9.28. The molecule has 2 N–H and O–H groups in total. The van der Waals surface area contributed by atoms with E-state index >= 15 is 0 Å². The molecule has 2 aromatic heterocycles. The van der Waals surface area contributed by atoms with Crippen molar-refractivity contribution in [1.82, 2.24) is 19.5 Å². The van der Waals surface area contributed by atoms with Crippen LogP contribution in [0.5, 0.6) is 0 Å². The number of imidazole rings is 2. The van der Waals surface area contributed by atoms with Crippen molar-refractivity contribution in [2.75, 3.05) is 6.61 Å². The summed E-state index contributed by atoms with van der Waals surface area (Å²) in [6.07, 6.45) is 11.6. The van der Waals surface area contributed by atoms with E-state index in [1.54, 1.807) is 0 Å². The van der Waals surface area contributed by atoms with Gasteiger partial charge in [-0.3, -0.25) is 0 Å². The lowest BCUT2D eigenvalue weighted by atomic mass is 9.82. The highest BCUT2D eigenvalue weighted by atomic mass is 35.5. The van der Waals surface area contributed by atoms with E-state index in [0.29, 0.717) is 23.6 Å². The van der Waals surface area contributed by atoms with Gasteiger partial charge in [-0.15, -0.1) is 0 Å². The Labute approximate surface area is 148 Å². The van der Waals surface area contributed by atoms with Gasteiger partial charge < -0.3 is 14.7 Å². The largest absolute Gasteiger partial charge is 0.396 e. The molecule has 0 radical (unpaired) electrons. The van der Waals surface area contributed by atoms with Crippen LogP contribution in [0.15, 0.2) is 12.4 Å². The molecule has 1 aliphatic rings. The van der Waals surface area contributed by atoms with Crippen molar-refractivity contribution in [3.05, 3.63) is 23.4 Å². The van der Waals surface area contributed by atoms with Gasteiger partial charge in [0.1, 0.15) is 16.7 Å². The average Bonchev–Trinajstić information content (AvgIpc) is 3.19. The third-order valence-corrected chi connectivity index (χ3v) is 5.36. The van der Waals surface area contributed by atoms with Gasteiger partial charge in [-0.1, -0.05) is 24.9 Å². The number of nitrogens with zero attached hydrogens (tertiary/aromatic N) is 3. The van der Waals surface area contributed by atoms with Crippen LogP contribution >= 0.6 is 11.6 Å². The normalized spacial score (nSPS) is 21.3. The van der Waals surface area contributed by atoms with E-state index < -0.39 is 0 Å². The second-order valence-electron chi connectivity index (χ2n) is 6.92. The molecule has 132 valence electrons. The highest BCUT2D eigenvalue weighted by Crippen LogP contribution is 2.31. The Morgan fingerprint density at radius 3 is 2.75 bits per heavy atom. The summed E-state index contributed by atoms with van der Waals surface area (Å²) in [6.45, 7) is 3.44. The molecule has 1 fully saturated rings. The highest BCUT2D eigenvalue weighted by Gasteiger charge is 2.23. The quantitative estimate of drug-likeness (QED) is 0.791. The Hall–Kier alpha value is -1.33. The lowest BCUT2D eigenvalue weighted by molar-refractivity contribution is 0.161. The van der Waals surface area contributed by atoms with Crippen molar-refractivity contribution in [3.63, 3.8) is 0 Å². The van der Waals surface area contributed by atoms with Crippen LogP contribution in [0, 0.1) is 11.8 Å². The Kier molecular flexibility index (Phi) is 5.95. The minimum absolute atomic E-state index is 0.326. The molecule has 0 atom stereocenters. The summed E-state index contributed by atoms with van der Waals surface area (Å²) in [5, 5.41) is 9.86. The van der Waals surface area contributed by atoms with E-state index in [4.69, 9.17) is 11.6 Å². The van der Waals surface area contributed by atoms with Gasteiger partial charge in [-0.25, -0.2) is 9.97 Å². The Balaban J connectivity index is 1.70.